The van der Waals surface area contributed by atoms with Crippen molar-refractivity contribution in [1.29, 1.82) is 0 Å². The molecule has 2 rings (SSSR count). The van der Waals surface area contributed by atoms with Crippen molar-refractivity contribution < 1.29 is 4.74 Å². The molecule has 0 saturated heterocycles. The second-order valence-electron chi connectivity index (χ2n) is 4.48. The number of aryl methyl sites for hydroxylation is 1. The van der Waals surface area contributed by atoms with Gasteiger partial charge in [0.15, 0.2) is 0 Å². The van der Waals surface area contributed by atoms with Gasteiger partial charge in [-0.2, -0.15) is 0 Å². The quantitative estimate of drug-likeness (QED) is 0.775. The lowest BCUT2D eigenvalue weighted by atomic mass is 10.1. The molecule has 19 heavy (non-hydrogen) atoms. The zero-order chi connectivity index (χ0) is 14.0. The number of halogens is 2. The third-order valence-corrected chi connectivity index (χ3v) is 4.01. The van der Waals surface area contributed by atoms with Gasteiger partial charge < -0.3 is 10.5 Å². The van der Waals surface area contributed by atoms with E-state index in [1.165, 1.54) is 0 Å². The molecule has 0 aliphatic heterocycles. The molecule has 2 N–H and O–H groups in total. The normalized spacial score (nSPS) is 12.3. The molecule has 0 spiro atoms. The molecule has 0 radical (unpaired) electrons. The number of rotatable bonds is 3. The molecule has 0 amide bonds. The number of hydrogen-bond donors (Lipinski definition) is 1. The zero-order valence-electron chi connectivity index (χ0n) is 10.8. The summed E-state index contributed by atoms with van der Waals surface area (Å²) in [4.78, 5) is 0. The number of benzene rings is 2. The van der Waals surface area contributed by atoms with Crippen LogP contribution in [0.4, 0.5) is 0 Å². The van der Waals surface area contributed by atoms with Gasteiger partial charge in [-0.15, -0.1) is 0 Å². The molecule has 0 heterocycles. The predicted octanol–water partition coefficient (Wildman–Crippen LogP) is 5.33. The van der Waals surface area contributed by atoms with Crippen LogP contribution in [-0.4, -0.2) is 0 Å². The van der Waals surface area contributed by atoms with Gasteiger partial charge in [0.25, 0.3) is 0 Å². The molecule has 0 aliphatic rings. The van der Waals surface area contributed by atoms with Crippen LogP contribution in [0.1, 0.15) is 24.1 Å². The second-order valence-corrected chi connectivity index (χ2v) is 6.25. The van der Waals surface area contributed by atoms with Gasteiger partial charge in [-0.25, -0.2) is 0 Å². The van der Waals surface area contributed by atoms with Crippen molar-refractivity contribution in [2.45, 2.75) is 19.9 Å². The second kappa shape index (κ2) is 6.07. The van der Waals surface area contributed by atoms with Crippen molar-refractivity contribution >= 4 is 31.9 Å². The average molecular weight is 385 g/mol. The van der Waals surface area contributed by atoms with E-state index in [1.807, 2.05) is 50.2 Å². The number of ether oxygens (including phenoxy) is 1. The smallest absolute Gasteiger partial charge is 0.130 e. The van der Waals surface area contributed by atoms with Crippen LogP contribution in [0, 0.1) is 6.92 Å². The molecule has 100 valence electrons. The van der Waals surface area contributed by atoms with Gasteiger partial charge in [0.05, 0.1) is 0 Å². The lowest BCUT2D eigenvalue weighted by Crippen LogP contribution is -2.05. The van der Waals surface area contributed by atoms with E-state index in [0.29, 0.717) is 0 Å². The molecule has 1 atom stereocenters. The van der Waals surface area contributed by atoms with Gasteiger partial charge in [0.2, 0.25) is 0 Å². The number of nitrogens with two attached hydrogens (primary N) is 1. The first-order valence-corrected chi connectivity index (χ1v) is 7.55. The summed E-state index contributed by atoms with van der Waals surface area (Å²) in [6.07, 6.45) is 0. The van der Waals surface area contributed by atoms with Gasteiger partial charge in [-0.05, 0) is 55.3 Å². The molecule has 4 heteroatoms. The van der Waals surface area contributed by atoms with Gasteiger partial charge in [-0.1, -0.05) is 37.9 Å². The van der Waals surface area contributed by atoms with Crippen LogP contribution in [0.15, 0.2) is 45.3 Å². The molecule has 0 bridgehead atoms. The van der Waals surface area contributed by atoms with E-state index in [9.17, 15) is 0 Å². The van der Waals surface area contributed by atoms with E-state index in [4.69, 9.17) is 10.5 Å². The van der Waals surface area contributed by atoms with E-state index in [-0.39, 0.29) is 6.04 Å². The highest BCUT2D eigenvalue weighted by Gasteiger charge is 2.08. The lowest BCUT2D eigenvalue weighted by molar-refractivity contribution is 0.478. The molecule has 2 nitrogen and oxygen atoms in total. The minimum absolute atomic E-state index is 0.00200. The van der Waals surface area contributed by atoms with Crippen LogP contribution in [0.3, 0.4) is 0 Å². The van der Waals surface area contributed by atoms with Crippen molar-refractivity contribution in [2.24, 2.45) is 5.73 Å². The van der Waals surface area contributed by atoms with Crippen LogP contribution in [0.5, 0.6) is 11.5 Å². The van der Waals surface area contributed by atoms with Crippen LogP contribution in [0.25, 0.3) is 0 Å². The first kappa shape index (κ1) is 14.6. The Morgan fingerprint density at radius 3 is 2.42 bits per heavy atom. The van der Waals surface area contributed by atoms with E-state index in [0.717, 1.165) is 31.6 Å². The first-order chi connectivity index (χ1) is 8.97. The Morgan fingerprint density at radius 2 is 1.84 bits per heavy atom. The maximum absolute atomic E-state index is 5.89. The molecule has 2 aromatic rings. The lowest BCUT2D eigenvalue weighted by Gasteiger charge is -2.12. The summed E-state index contributed by atoms with van der Waals surface area (Å²) in [5, 5.41) is 0. The van der Waals surface area contributed by atoms with Crippen LogP contribution in [0.2, 0.25) is 0 Å². The maximum Gasteiger partial charge on any atom is 0.130 e. The minimum Gasteiger partial charge on any atom is -0.457 e. The molecular weight excluding hydrogens is 370 g/mol. The Balaban J connectivity index is 2.26. The summed E-state index contributed by atoms with van der Waals surface area (Å²) in [6.45, 7) is 3.98. The fourth-order valence-electron chi connectivity index (χ4n) is 1.79. The van der Waals surface area contributed by atoms with Crippen LogP contribution >= 0.6 is 31.9 Å². The van der Waals surface area contributed by atoms with Gasteiger partial charge in [-0.3, -0.25) is 0 Å². The van der Waals surface area contributed by atoms with Crippen molar-refractivity contribution in [3.8, 4) is 11.5 Å². The van der Waals surface area contributed by atoms with Gasteiger partial charge in [0.1, 0.15) is 11.5 Å². The van der Waals surface area contributed by atoms with Gasteiger partial charge >= 0.3 is 0 Å². The summed E-state index contributed by atoms with van der Waals surface area (Å²) < 4.78 is 7.90. The molecular formula is C15H15Br2NO. The molecule has 0 aliphatic carbocycles. The Hall–Kier alpha value is -0.840. The largest absolute Gasteiger partial charge is 0.457 e. The predicted molar refractivity (Wildman–Crippen MR) is 85.7 cm³/mol. The summed E-state index contributed by atoms with van der Waals surface area (Å²) in [5.74, 6) is 1.64. The molecule has 0 fully saturated rings. The van der Waals surface area contributed by atoms with Crippen molar-refractivity contribution in [3.05, 3.63) is 56.5 Å². The van der Waals surface area contributed by atoms with Gasteiger partial charge in [0, 0.05) is 15.0 Å². The van der Waals surface area contributed by atoms with E-state index < -0.39 is 0 Å². The molecule has 2 aromatic carbocycles. The number of hydrogen-bond acceptors (Lipinski definition) is 2. The highest BCUT2D eigenvalue weighted by Crippen LogP contribution is 2.31. The monoisotopic (exact) mass is 383 g/mol. The summed E-state index contributed by atoms with van der Waals surface area (Å²) in [6, 6.07) is 11.8. The van der Waals surface area contributed by atoms with Crippen molar-refractivity contribution in [1.82, 2.24) is 0 Å². The highest BCUT2D eigenvalue weighted by molar-refractivity contribution is 9.10. The summed E-state index contributed by atoms with van der Waals surface area (Å²) in [7, 11) is 0. The third-order valence-electron chi connectivity index (χ3n) is 2.83. The Bertz CT molecular complexity index is 597. The summed E-state index contributed by atoms with van der Waals surface area (Å²) >= 11 is 6.97. The highest BCUT2D eigenvalue weighted by atomic mass is 79.9. The Labute approximate surface area is 130 Å². The zero-order valence-corrected chi connectivity index (χ0v) is 14.0. The van der Waals surface area contributed by atoms with E-state index in [2.05, 4.69) is 31.9 Å². The topological polar surface area (TPSA) is 35.2 Å². The van der Waals surface area contributed by atoms with Crippen molar-refractivity contribution in [3.63, 3.8) is 0 Å². The fourth-order valence-corrected chi connectivity index (χ4v) is 2.99. The van der Waals surface area contributed by atoms with E-state index in [1.54, 1.807) is 0 Å². The van der Waals surface area contributed by atoms with E-state index >= 15 is 0 Å². The first-order valence-electron chi connectivity index (χ1n) is 5.96. The fraction of sp³-hybridized carbons (Fsp3) is 0.200. The third kappa shape index (κ3) is 3.59. The molecule has 0 aromatic heterocycles. The summed E-state index contributed by atoms with van der Waals surface area (Å²) in [5.41, 5.74) is 8.04. The Kier molecular flexibility index (Phi) is 4.66. The molecule has 0 saturated carbocycles. The maximum atomic E-state index is 5.89. The average Bonchev–Trinajstić information content (AvgIpc) is 2.32. The molecule has 0 unspecified atom stereocenters. The Morgan fingerprint density at radius 1 is 1.11 bits per heavy atom. The minimum atomic E-state index is -0.00200. The standard InChI is InChI=1S/C15H15Br2NO/c1-9-7-11(16)3-6-15(9)19-12-4-5-13(10(2)18)14(17)8-12/h3-8,10H,18H2,1-2H3/t10-/m0/s1. The van der Waals surface area contributed by atoms with Crippen molar-refractivity contribution in [2.75, 3.05) is 0 Å². The SMILES string of the molecule is Cc1cc(Br)ccc1Oc1ccc([C@H](C)N)c(Br)c1. The van der Waals surface area contributed by atoms with Crippen LogP contribution in [-0.2, 0) is 0 Å². The van der Waals surface area contributed by atoms with Crippen LogP contribution < -0.4 is 10.5 Å².